The van der Waals surface area contributed by atoms with Crippen LogP contribution < -0.4 is 0 Å². The van der Waals surface area contributed by atoms with Gasteiger partial charge in [-0.25, -0.2) is 9.78 Å². The van der Waals surface area contributed by atoms with E-state index >= 15 is 0 Å². The van der Waals surface area contributed by atoms with Gasteiger partial charge in [0, 0.05) is 11.8 Å². The van der Waals surface area contributed by atoms with Gasteiger partial charge < -0.3 is 20.4 Å². The quantitative estimate of drug-likeness (QED) is 0.550. The van der Waals surface area contributed by atoms with Gasteiger partial charge in [0.2, 0.25) is 0 Å². The first-order chi connectivity index (χ1) is 7.47. The van der Waals surface area contributed by atoms with E-state index in [1.165, 1.54) is 0 Å². The minimum atomic E-state index is -1.53. The van der Waals surface area contributed by atoms with Crippen LogP contribution >= 0.6 is 11.6 Å². The summed E-state index contributed by atoms with van der Waals surface area (Å²) in [5.74, 6) is -1.30. The van der Waals surface area contributed by atoms with Crippen molar-refractivity contribution in [1.82, 2.24) is 4.98 Å². The zero-order valence-corrected chi connectivity index (χ0v) is 8.79. The van der Waals surface area contributed by atoms with E-state index in [-0.39, 0.29) is 16.3 Å². The summed E-state index contributed by atoms with van der Waals surface area (Å²) in [4.78, 5) is 14.5. The highest BCUT2D eigenvalue weighted by Gasteiger charge is 2.23. The largest absolute Gasteiger partial charge is 0.478 e. The summed E-state index contributed by atoms with van der Waals surface area (Å²) in [5, 5.41) is 36.2. The van der Waals surface area contributed by atoms with E-state index < -0.39 is 24.8 Å². The SMILES string of the molecule is O=C(O)c1cc(Cl)ncc1C(O)C(O)CO. The van der Waals surface area contributed by atoms with Crippen LogP contribution in [0.1, 0.15) is 22.0 Å². The minimum absolute atomic E-state index is 0.0353. The van der Waals surface area contributed by atoms with Crippen molar-refractivity contribution in [2.75, 3.05) is 6.61 Å². The van der Waals surface area contributed by atoms with Crippen LogP contribution in [0.25, 0.3) is 0 Å². The molecule has 0 radical (unpaired) electrons. The van der Waals surface area contributed by atoms with Gasteiger partial charge in [-0.15, -0.1) is 0 Å². The van der Waals surface area contributed by atoms with E-state index in [1.54, 1.807) is 0 Å². The Bertz CT molecular complexity index is 397. The van der Waals surface area contributed by atoms with Gasteiger partial charge in [-0.2, -0.15) is 0 Å². The summed E-state index contributed by atoms with van der Waals surface area (Å²) in [7, 11) is 0. The number of hydrogen-bond acceptors (Lipinski definition) is 5. The summed E-state index contributed by atoms with van der Waals surface area (Å²) in [5.41, 5.74) is -0.363. The molecule has 16 heavy (non-hydrogen) atoms. The van der Waals surface area contributed by atoms with E-state index in [4.69, 9.17) is 21.8 Å². The lowest BCUT2D eigenvalue weighted by Gasteiger charge is -2.17. The summed E-state index contributed by atoms with van der Waals surface area (Å²) in [6.45, 7) is -0.692. The molecule has 2 atom stereocenters. The van der Waals surface area contributed by atoms with Gasteiger partial charge >= 0.3 is 5.97 Å². The summed E-state index contributed by atoms with van der Waals surface area (Å²) >= 11 is 5.51. The molecule has 1 aromatic rings. The molecule has 0 aliphatic rings. The molecule has 0 amide bonds. The van der Waals surface area contributed by atoms with Crippen LogP contribution in [-0.4, -0.2) is 44.1 Å². The maximum atomic E-state index is 10.8. The molecule has 0 spiro atoms. The minimum Gasteiger partial charge on any atom is -0.478 e. The summed E-state index contributed by atoms with van der Waals surface area (Å²) < 4.78 is 0. The van der Waals surface area contributed by atoms with Gasteiger partial charge in [-0.05, 0) is 6.07 Å². The number of halogens is 1. The first kappa shape index (κ1) is 12.9. The lowest BCUT2D eigenvalue weighted by atomic mass is 10.0. The predicted octanol–water partition coefficient (Wildman–Crippen LogP) is -0.180. The van der Waals surface area contributed by atoms with Gasteiger partial charge in [-0.1, -0.05) is 11.6 Å². The van der Waals surface area contributed by atoms with Crippen LogP contribution in [0.15, 0.2) is 12.3 Å². The molecule has 1 aromatic heterocycles. The zero-order chi connectivity index (χ0) is 12.3. The third-order valence-corrected chi connectivity index (χ3v) is 2.21. The van der Waals surface area contributed by atoms with Crippen molar-refractivity contribution in [3.8, 4) is 0 Å². The van der Waals surface area contributed by atoms with Gasteiger partial charge in [0.15, 0.2) is 0 Å². The Morgan fingerprint density at radius 2 is 2.12 bits per heavy atom. The lowest BCUT2D eigenvalue weighted by molar-refractivity contribution is -0.0159. The number of aliphatic hydroxyl groups excluding tert-OH is 3. The first-order valence-electron chi connectivity index (χ1n) is 4.33. The summed E-state index contributed by atoms with van der Waals surface area (Å²) in [6.07, 6.45) is -1.95. The second kappa shape index (κ2) is 5.22. The number of aromatic carboxylic acids is 1. The van der Waals surface area contributed by atoms with Crippen molar-refractivity contribution in [2.45, 2.75) is 12.2 Å². The van der Waals surface area contributed by atoms with Crippen molar-refractivity contribution in [3.63, 3.8) is 0 Å². The molecule has 1 heterocycles. The van der Waals surface area contributed by atoms with Crippen LogP contribution in [0.4, 0.5) is 0 Å². The molecular weight excluding hydrogens is 238 g/mol. The molecule has 0 bridgehead atoms. The number of nitrogens with zero attached hydrogens (tertiary/aromatic N) is 1. The topological polar surface area (TPSA) is 111 Å². The number of pyridine rings is 1. The Morgan fingerprint density at radius 3 is 2.62 bits per heavy atom. The Labute approximate surface area is 95.8 Å². The fourth-order valence-electron chi connectivity index (χ4n) is 1.17. The van der Waals surface area contributed by atoms with Crippen LogP contribution in [0.5, 0.6) is 0 Å². The predicted molar refractivity (Wildman–Crippen MR) is 54.3 cm³/mol. The first-order valence-corrected chi connectivity index (χ1v) is 4.71. The molecule has 1 rings (SSSR count). The smallest absolute Gasteiger partial charge is 0.336 e. The average Bonchev–Trinajstić information content (AvgIpc) is 2.26. The van der Waals surface area contributed by atoms with Gasteiger partial charge in [0.05, 0.1) is 12.2 Å². The maximum absolute atomic E-state index is 10.8. The van der Waals surface area contributed by atoms with Crippen LogP contribution in [0.3, 0.4) is 0 Å². The highest BCUT2D eigenvalue weighted by Crippen LogP contribution is 2.22. The number of rotatable bonds is 4. The molecule has 0 aromatic carbocycles. The molecule has 4 N–H and O–H groups in total. The van der Waals surface area contributed by atoms with E-state index in [9.17, 15) is 15.0 Å². The fourth-order valence-corrected chi connectivity index (χ4v) is 1.33. The van der Waals surface area contributed by atoms with Gasteiger partial charge in [0.25, 0.3) is 0 Å². The number of aliphatic hydroxyl groups is 3. The number of carbonyl (C=O) groups is 1. The van der Waals surface area contributed by atoms with Crippen molar-refractivity contribution >= 4 is 17.6 Å². The molecular formula is C9H10ClNO5. The zero-order valence-electron chi connectivity index (χ0n) is 8.04. The molecule has 0 saturated carbocycles. The Hall–Kier alpha value is -1.21. The Kier molecular flexibility index (Phi) is 4.19. The monoisotopic (exact) mass is 247 g/mol. The van der Waals surface area contributed by atoms with Crippen LogP contribution in [0.2, 0.25) is 5.15 Å². The van der Waals surface area contributed by atoms with Crippen molar-refractivity contribution in [1.29, 1.82) is 0 Å². The van der Waals surface area contributed by atoms with E-state index in [2.05, 4.69) is 4.98 Å². The van der Waals surface area contributed by atoms with Crippen LogP contribution in [-0.2, 0) is 0 Å². The molecule has 7 heteroatoms. The summed E-state index contributed by atoms with van der Waals surface area (Å²) in [6, 6.07) is 1.06. The molecule has 0 fully saturated rings. The molecule has 0 aliphatic carbocycles. The number of carboxylic acids is 1. The maximum Gasteiger partial charge on any atom is 0.336 e. The van der Waals surface area contributed by atoms with Crippen molar-refractivity contribution in [2.24, 2.45) is 0 Å². The molecule has 2 unspecified atom stereocenters. The van der Waals surface area contributed by atoms with Crippen LogP contribution in [0, 0.1) is 0 Å². The fraction of sp³-hybridized carbons (Fsp3) is 0.333. The van der Waals surface area contributed by atoms with Gasteiger partial charge in [0.1, 0.15) is 17.4 Å². The van der Waals surface area contributed by atoms with E-state index in [1.807, 2.05) is 0 Å². The standard InChI is InChI=1S/C9H10ClNO5/c10-7-1-4(9(15)16)5(2-11-7)8(14)6(13)3-12/h1-2,6,8,12-14H,3H2,(H,15,16). The second-order valence-electron chi connectivity index (χ2n) is 3.09. The normalized spacial score (nSPS) is 14.5. The second-order valence-corrected chi connectivity index (χ2v) is 3.48. The van der Waals surface area contributed by atoms with Gasteiger partial charge in [-0.3, -0.25) is 0 Å². The third kappa shape index (κ3) is 2.67. The molecule has 0 aliphatic heterocycles. The average molecular weight is 248 g/mol. The van der Waals surface area contributed by atoms with E-state index in [0.717, 1.165) is 12.3 Å². The Morgan fingerprint density at radius 1 is 1.50 bits per heavy atom. The Balaban J connectivity index is 3.17. The number of carboxylic acid groups (broad SMARTS) is 1. The molecule has 0 saturated heterocycles. The third-order valence-electron chi connectivity index (χ3n) is 2.00. The van der Waals surface area contributed by atoms with Crippen molar-refractivity contribution < 1.29 is 25.2 Å². The lowest BCUT2D eigenvalue weighted by Crippen LogP contribution is -2.24. The number of hydrogen-bond donors (Lipinski definition) is 4. The highest BCUT2D eigenvalue weighted by atomic mass is 35.5. The van der Waals surface area contributed by atoms with E-state index in [0.29, 0.717) is 0 Å². The number of aromatic nitrogens is 1. The molecule has 6 nitrogen and oxygen atoms in total. The highest BCUT2D eigenvalue weighted by molar-refractivity contribution is 6.29. The van der Waals surface area contributed by atoms with Crippen molar-refractivity contribution in [3.05, 3.63) is 28.5 Å². The molecule has 88 valence electrons.